The monoisotopic (exact) mass is 554 g/mol. The summed E-state index contributed by atoms with van der Waals surface area (Å²) >= 11 is 0.927. The number of carbonyl (C=O) groups is 3. The van der Waals surface area contributed by atoms with Crippen molar-refractivity contribution in [3.63, 3.8) is 0 Å². The fourth-order valence-corrected chi connectivity index (χ4v) is 5.16. The third-order valence-corrected chi connectivity index (χ3v) is 7.23. The van der Waals surface area contributed by atoms with E-state index in [1.54, 1.807) is 25.1 Å². The lowest BCUT2D eigenvalue weighted by molar-refractivity contribution is -0.117. The minimum Gasteiger partial charge on any atom is -0.503 e. The van der Waals surface area contributed by atoms with Crippen LogP contribution in [0, 0.1) is 12.8 Å². The van der Waals surface area contributed by atoms with E-state index in [0.29, 0.717) is 41.9 Å². The van der Waals surface area contributed by atoms with Crippen molar-refractivity contribution in [2.24, 2.45) is 5.92 Å². The summed E-state index contributed by atoms with van der Waals surface area (Å²) in [6, 6.07) is 6.99. The third kappa shape index (κ3) is 5.53. The summed E-state index contributed by atoms with van der Waals surface area (Å²) in [4.78, 5) is 45.0. The lowest BCUT2D eigenvalue weighted by Crippen LogP contribution is -2.31. The number of hydrogen-bond acceptors (Lipinski definition) is 10. The van der Waals surface area contributed by atoms with Crippen LogP contribution in [0.4, 0.5) is 5.13 Å². The Morgan fingerprint density at radius 3 is 2.62 bits per heavy atom. The van der Waals surface area contributed by atoms with Gasteiger partial charge in [-0.25, -0.2) is 9.78 Å². The van der Waals surface area contributed by atoms with E-state index in [0.717, 1.165) is 17.8 Å². The first kappa shape index (κ1) is 27.9. The highest BCUT2D eigenvalue weighted by atomic mass is 32.1. The molecule has 0 fully saturated rings. The molecule has 11 heteroatoms. The number of amides is 1. The van der Waals surface area contributed by atoms with Crippen LogP contribution in [0.1, 0.15) is 64.7 Å². The van der Waals surface area contributed by atoms with Crippen LogP contribution in [0.2, 0.25) is 0 Å². The summed E-state index contributed by atoms with van der Waals surface area (Å²) in [5.74, 6) is -1.48. The van der Waals surface area contributed by atoms with Gasteiger partial charge in [-0.05, 0) is 56.0 Å². The van der Waals surface area contributed by atoms with E-state index in [1.165, 1.54) is 30.4 Å². The predicted molar refractivity (Wildman–Crippen MR) is 144 cm³/mol. The summed E-state index contributed by atoms with van der Waals surface area (Å²) in [7, 11) is 1.25. The van der Waals surface area contributed by atoms with Crippen LogP contribution < -0.4 is 14.4 Å². The molecule has 2 aromatic heterocycles. The number of Topliss-reactive ketones (excluding diaryl/α,β-unsaturated/α-hetero) is 1. The van der Waals surface area contributed by atoms with Gasteiger partial charge in [-0.2, -0.15) is 0 Å². The fraction of sp³-hybridized carbons (Fsp3) is 0.357. The number of thiazole rings is 1. The Hall–Kier alpha value is -4.12. The van der Waals surface area contributed by atoms with Crippen LogP contribution in [0.3, 0.4) is 0 Å². The summed E-state index contributed by atoms with van der Waals surface area (Å²) in [6.07, 6.45) is 2.18. The van der Waals surface area contributed by atoms with Gasteiger partial charge in [0.1, 0.15) is 4.88 Å². The second kappa shape index (κ2) is 11.7. The van der Waals surface area contributed by atoms with Crippen LogP contribution in [0.5, 0.6) is 11.5 Å². The largest absolute Gasteiger partial charge is 0.503 e. The Bertz CT molecular complexity index is 1410. The van der Waals surface area contributed by atoms with Crippen LogP contribution in [-0.2, 0) is 9.53 Å². The Morgan fingerprint density at radius 1 is 1.21 bits per heavy atom. The van der Waals surface area contributed by atoms with Crippen LogP contribution in [0.25, 0.3) is 0 Å². The fourth-order valence-electron chi connectivity index (χ4n) is 4.14. The lowest BCUT2D eigenvalue weighted by Gasteiger charge is -2.25. The van der Waals surface area contributed by atoms with Gasteiger partial charge in [0.05, 0.1) is 43.9 Å². The molecule has 0 bridgehead atoms. The number of anilines is 1. The van der Waals surface area contributed by atoms with Crippen molar-refractivity contribution in [2.45, 2.75) is 40.2 Å². The number of esters is 1. The number of hydrogen-bond donors (Lipinski definition) is 1. The second-order valence-corrected chi connectivity index (χ2v) is 10.2. The molecule has 0 radical (unpaired) electrons. The SMILES string of the molecule is CCOc1cc(C2C(C(=O)c3ccco3)=C(O)C(=O)N2c2nc(C)c(C(=O)OC)s2)ccc1OCCC(C)C. The quantitative estimate of drug-likeness (QED) is 0.243. The van der Waals surface area contributed by atoms with E-state index in [4.69, 9.17) is 18.6 Å². The molecule has 1 aliphatic heterocycles. The average Bonchev–Trinajstić information content (AvgIpc) is 3.63. The van der Waals surface area contributed by atoms with Crippen molar-refractivity contribution >= 4 is 34.1 Å². The topological polar surface area (TPSA) is 128 Å². The Morgan fingerprint density at radius 2 is 1.97 bits per heavy atom. The van der Waals surface area contributed by atoms with Crippen LogP contribution in [-0.4, -0.2) is 48.1 Å². The first-order valence-electron chi connectivity index (χ1n) is 12.5. The number of furan rings is 1. The number of aliphatic hydroxyl groups is 1. The van der Waals surface area contributed by atoms with E-state index < -0.39 is 29.5 Å². The van der Waals surface area contributed by atoms with E-state index in [-0.39, 0.29) is 21.3 Å². The van der Waals surface area contributed by atoms with Crippen molar-refractivity contribution in [1.82, 2.24) is 4.98 Å². The highest BCUT2D eigenvalue weighted by molar-refractivity contribution is 7.17. The number of ether oxygens (including phenoxy) is 3. The van der Waals surface area contributed by atoms with E-state index in [9.17, 15) is 19.5 Å². The number of aromatic nitrogens is 1. The van der Waals surface area contributed by atoms with Crippen molar-refractivity contribution in [3.05, 3.63) is 69.8 Å². The van der Waals surface area contributed by atoms with Gasteiger partial charge in [-0.15, -0.1) is 0 Å². The average molecular weight is 555 g/mol. The van der Waals surface area contributed by atoms with Gasteiger partial charge in [0.2, 0.25) is 5.78 Å². The van der Waals surface area contributed by atoms with E-state index in [2.05, 4.69) is 18.8 Å². The molecule has 0 saturated heterocycles. The van der Waals surface area contributed by atoms with Crippen LogP contribution >= 0.6 is 11.3 Å². The summed E-state index contributed by atoms with van der Waals surface area (Å²) in [5.41, 5.74) is 0.635. The number of benzene rings is 1. The molecule has 1 atom stereocenters. The van der Waals surface area contributed by atoms with Gasteiger partial charge >= 0.3 is 5.97 Å². The predicted octanol–water partition coefficient (Wildman–Crippen LogP) is 5.44. The summed E-state index contributed by atoms with van der Waals surface area (Å²) in [5, 5.41) is 11.1. The molecule has 0 spiro atoms. The van der Waals surface area contributed by atoms with Gasteiger partial charge < -0.3 is 23.7 Å². The molecule has 39 heavy (non-hydrogen) atoms. The molecule has 10 nitrogen and oxygen atoms in total. The van der Waals surface area contributed by atoms with Crippen molar-refractivity contribution in [1.29, 1.82) is 0 Å². The third-order valence-electron chi connectivity index (χ3n) is 6.10. The molecular formula is C28H30N2O8S. The molecule has 1 unspecified atom stereocenters. The second-order valence-electron chi connectivity index (χ2n) is 9.22. The zero-order chi connectivity index (χ0) is 28.3. The molecule has 4 rings (SSSR count). The Balaban J connectivity index is 1.83. The molecule has 1 aromatic carbocycles. The van der Waals surface area contributed by atoms with Gasteiger partial charge in [0, 0.05) is 0 Å². The molecule has 3 aromatic rings. The molecular weight excluding hydrogens is 524 g/mol. The molecule has 0 aliphatic carbocycles. The van der Waals surface area contributed by atoms with Crippen LogP contribution in [0.15, 0.2) is 52.3 Å². The van der Waals surface area contributed by atoms with Gasteiger partial charge in [-0.3, -0.25) is 14.5 Å². The number of nitrogens with zero attached hydrogens (tertiary/aromatic N) is 2. The molecule has 1 N–H and O–H groups in total. The highest BCUT2D eigenvalue weighted by Crippen LogP contribution is 2.45. The number of methoxy groups -OCH3 is 1. The maximum atomic E-state index is 13.5. The van der Waals surface area contributed by atoms with E-state index in [1.807, 2.05) is 6.92 Å². The van der Waals surface area contributed by atoms with Crippen molar-refractivity contribution in [3.8, 4) is 11.5 Å². The van der Waals surface area contributed by atoms with E-state index >= 15 is 0 Å². The summed E-state index contributed by atoms with van der Waals surface area (Å²) < 4.78 is 21.9. The van der Waals surface area contributed by atoms with Gasteiger partial charge in [-0.1, -0.05) is 31.3 Å². The number of rotatable bonds is 11. The van der Waals surface area contributed by atoms with Crippen molar-refractivity contribution in [2.75, 3.05) is 25.2 Å². The first-order valence-corrected chi connectivity index (χ1v) is 13.3. The smallest absolute Gasteiger partial charge is 0.350 e. The molecule has 1 aliphatic rings. The number of carbonyl (C=O) groups excluding carboxylic acids is 3. The maximum Gasteiger partial charge on any atom is 0.350 e. The number of aliphatic hydroxyl groups excluding tert-OH is 1. The first-order chi connectivity index (χ1) is 18.7. The standard InChI is InChI=1S/C28H30N2O8S/c1-6-36-20-14-17(9-10-18(20)38-13-11-15(2)3)22-21(23(31)19-8-7-12-37-19)24(32)26(33)30(22)28-29-16(4)25(39-28)27(34)35-5/h7-10,12,14-15,22,32H,6,11,13H2,1-5H3. The van der Waals surface area contributed by atoms with Crippen molar-refractivity contribution < 1.29 is 38.1 Å². The minimum atomic E-state index is -1.09. The Kier molecular flexibility index (Phi) is 8.39. The molecule has 206 valence electrons. The zero-order valence-electron chi connectivity index (χ0n) is 22.3. The normalized spacial score (nSPS) is 15.3. The Labute approximate surface area is 229 Å². The molecule has 1 amide bonds. The highest BCUT2D eigenvalue weighted by Gasteiger charge is 2.47. The number of aryl methyl sites for hydroxylation is 1. The molecule has 3 heterocycles. The lowest BCUT2D eigenvalue weighted by atomic mass is 9.95. The molecule has 0 saturated carbocycles. The zero-order valence-corrected chi connectivity index (χ0v) is 23.2. The van der Waals surface area contributed by atoms with Gasteiger partial charge in [0.25, 0.3) is 5.91 Å². The number of ketones is 1. The van der Waals surface area contributed by atoms with Gasteiger partial charge in [0.15, 0.2) is 28.1 Å². The maximum absolute atomic E-state index is 13.5. The summed E-state index contributed by atoms with van der Waals surface area (Å²) in [6.45, 7) is 8.49. The minimum absolute atomic E-state index is 0.0413.